The van der Waals surface area contributed by atoms with Crippen LogP contribution in [0.2, 0.25) is 0 Å². The molecule has 0 saturated heterocycles. The molecule has 0 amide bonds. The zero-order valence-electron chi connectivity index (χ0n) is 22.5. The molecule has 0 radical (unpaired) electrons. The zero-order chi connectivity index (χ0) is 26.2. The van der Waals surface area contributed by atoms with Gasteiger partial charge in [-0.3, -0.25) is 19.4 Å². The van der Waals surface area contributed by atoms with Crippen molar-refractivity contribution >= 4 is 5.96 Å². The average molecular weight is 509 g/mol. The fourth-order valence-corrected chi connectivity index (χ4v) is 3.09. The van der Waals surface area contributed by atoms with Gasteiger partial charge in [0, 0.05) is 0 Å². The van der Waals surface area contributed by atoms with Crippen LogP contribution in [0, 0.1) is 0 Å². The fourth-order valence-electron chi connectivity index (χ4n) is 3.09. The summed E-state index contributed by atoms with van der Waals surface area (Å²) in [6, 6.07) is 0. The first kappa shape index (κ1) is 31.9. The Bertz CT molecular complexity index is 590. The number of hydrogen-bond acceptors (Lipinski definition) is 13. The van der Waals surface area contributed by atoms with E-state index in [2.05, 4.69) is 10.5 Å². The van der Waals surface area contributed by atoms with E-state index in [1.54, 1.807) is 0 Å². The lowest BCUT2D eigenvalue weighted by atomic mass is 10.4. The zero-order valence-corrected chi connectivity index (χ0v) is 22.5. The van der Waals surface area contributed by atoms with Gasteiger partial charge in [0.2, 0.25) is 5.96 Å². The number of ether oxygens (including phenoxy) is 2. The molecule has 2 unspecified atom stereocenters. The van der Waals surface area contributed by atoms with E-state index in [1.807, 2.05) is 41.5 Å². The Labute approximate surface area is 210 Å². The summed E-state index contributed by atoms with van der Waals surface area (Å²) < 4.78 is 12.6. The lowest BCUT2D eigenvalue weighted by Gasteiger charge is -2.57. The van der Waals surface area contributed by atoms with Crippen molar-refractivity contribution in [2.45, 2.75) is 92.0 Å². The second-order valence-corrected chi connectivity index (χ2v) is 7.91. The summed E-state index contributed by atoms with van der Waals surface area (Å²) in [7, 11) is 0. The van der Waals surface area contributed by atoms with Gasteiger partial charge in [0.15, 0.2) is 0 Å². The average Bonchev–Trinajstić information content (AvgIpc) is 2.86. The molecule has 208 valence electrons. The van der Waals surface area contributed by atoms with Crippen LogP contribution in [0.4, 0.5) is 0 Å². The first-order valence-electron chi connectivity index (χ1n) is 12.9. The van der Waals surface area contributed by atoms with Crippen molar-refractivity contribution in [1.82, 2.24) is 20.7 Å². The van der Waals surface area contributed by atoms with Gasteiger partial charge >= 0.3 is 11.9 Å². The number of nitrogens with zero attached hydrogens (tertiary/aromatic N) is 4. The van der Waals surface area contributed by atoms with Crippen LogP contribution in [0.3, 0.4) is 0 Å². The molecule has 35 heavy (non-hydrogen) atoms. The van der Waals surface area contributed by atoms with Crippen molar-refractivity contribution in [2.75, 3.05) is 46.4 Å². The van der Waals surface area contributed by atoms with Crippen LogP contribution in [0.15, 0.2) is 4.99 Å². The first-order chi connectivity index (χ1) is 17.0. The summed E-state index contributed by atoms with van der Waals surface area (Å²) in [5, 5.41) is 14.3. The number of rotatable bonds is 21. The number of aliphatic imine (C=N–C) groups is 1. The Morgan fingerprint density at radius 3 is 1.97 bits per heavy atom. The molecule has 0 fully saturated rings. The van der Waals surface area contributed by atoms with E-state index in [1.165, 1.54) is 15.2 Å². The molecule has 0 aromatic heterocycles. The van der Waals surface area contributed by atoms with E-state index in [0.29, 0.717) is 58.5 Å². The second-order valence-electron chi connectivity index (χ2n) is 7.91. The normalized spacial score (nSPS) is 23.3. The third-order valence-corrected chi connectivity index (χ3v) is 4.55. The molecule has 2 atom stereocenters. The van der Waals surface area contributed by atoms with E-state index >= 15 is 0 Å². The molecule has 13 heteroatoms. The standard InChI is InChI=1S/C22H48N6O7/c1-7-13-30-21(25-32-15-9-3)24-20(23)27(34-17-11-5)22(31-14-8-2,28(21)35-18-12-6)26(19-29)33-16-10-4/h25,29H,7-19H2,1-6H3,(H2,23,24). The maximum Gasteiger partial charge on any atom is 0.343 e. The van der Waals surface area contributed by atoms with Gasteiger partial charge in [0.25, 0.3) is 0 Å². The predicted molar refractivity (Wildman–Crippen MR) is 130 cm³/mol. The molecule has 1 rings (SSSR count). The fraction of sp³-hybridized carbons (Fsp3) is 0.955. The van der Waals surface area contributed by atoms with Gasteiger partial charge in [-0.05, 0) is 38.5 Å². The quantitative estimate of drug-likeness (QED) is 0.119. The molecular formula is C22H48N6O7. The van der Waals surface area contributed by atoms with Crippen LogP contribution in [0.1, 0.15) is 80.1 Å². The number of guanidine groups is 1. The van der Waals surface area contributed by atoms with Gasteiger partial charge in [0.1, 0.15) is 6.73 Å². The highest BCUT2D eigenvalue weighted by molar-refractivity contribution is 5.78. The Kier molecular flexibility index (Phi) is 15.8. The van der Waals surface area contributed by atoms with Gasteiger partial charge in [-0.2, -0.15) is 10.1 Å². The lowest BCUT2D eigenvalue weighted by molar-refractivity contribution is -0.555. The van der Waals surface area contributed by atoms with Crippen molar-refractivity contribution in [1.29, 1.82) is 0 Å². The van der Waals surface area contributed by atoms with Crippen molar-refractivity contribution in [2.24, 2.45) is 10.7 Å². The molecule has 0 bridgehead atoms. The minimum atomic E-state index is -1.85. The van der Waals surface area contributed by atoms with Crippen molar-refractivity contribution in [3.8, 4) is 0 Å². The van der Waals surface area contributed by atoms with Crippen molar-refractivity contribution in [3.63, 3.8) is 0 Å². The number of hydrogen-bond donors (Lipinski definition) is 3. The molecule has 0 saturated carbocycles. The van der Waals surface area contributed by atoms with Crippen LogP contribution in [0.5, 0.6) is 0 Å². The van der Waals surface area contributed by atoms with Crippen LogP contribution in [0.25, 0.3) is 0 Å². The summed E-state index contributed by atoms with van der Waals surface area (Å²) in [5.74, 6) is -3.70. The number of aliphatic hydroxyl groups excluding tert-OH is 1. The van der Waals surface area contributed by atoms with Gasteiger partial charge in [0.05, 0.1) is 39.6 Å². The van der Waals surface area contributed by atoms with Crippen molar-refractivity contribution in [3.05, 3.63) is 0 Å². The highest BCUT2D eigenvalue weighted by Crippen LogP contribution is 2.39. The SMILES string of the molecule is CCCONC1(OCCC)N=C(N)N(OCCC)C(OCCC)(N(CO)OCCC)N1OCCC. The summed E-state index contributed by atoms with van der Waals surface area (Å²) in [6.45, 7) is 13.0. The van der Waals surface area contributed by atoms with Gasteiger partial charge < -0.3 is 20.3 Å². The second kappa shape index (κ2) is 17.3. The van der Waals surface area contributed by atoms with E-state index in [0.717, 1.165) is 6.42 Å². The molecule has 0 aromatic carbocycles. The monoisotopic (exact) mass is 508 g/mol. The van der Waals surface area contributed by atoms with Crippen LogP contribution < -0.4 is 11.2 Å². The molecular weight excluding hydrogens is 460 g/mol. The Balaban J connectivity index is 3.85. The maximum absolute atomic E-state index is 10.5. The Hall–Kier alpha value is -1.13. The predicted octanol–water partition coefficient (Wildman–Crippen LogP) is 2.20. The lowest BCUT2D eigenvalue weighted by Crippen LogP contribution is -2.82. The van der Waals surface area contributed by atoms with Crippen molar-refractivity contribution < 1.29 is 33.9 Å². The van der Waals surface area contributed by atoms with E-state index in [4.69, 9.17) is 34.6 Å². The van der Waals surface area contributed by atoms with Crippen LogP contribution in [-0.4, -0.2) is 84.6 Å². The molecule has 1 aliphatic heterocycles. The minimum Gasteiger partial charge on any atom is -0.379 e. The van der Waals surface area contributed by atoms with Gasteiger partial charge in [-0.1, -0.05) is 51.7 Å². The molecule has 1 aliphatic rings. The molecule has 13 nitrogen and oxygen atoms in total. The number of nitrogens with two attached hydrogens (primary N) is 1. The smallest absolute Gasteiger partial charge is 0.343 e. The van der Waals surface area contributed by atoms with E-state index in [9.17, 15) is 5.11 Å². The largest absolute Gasteiger partial charge is 0.379 e. The molecule has 1 heterocycles. The van der Waals surface area contributed by atoms with Gasteiger partial charge in [-0.15, -0.1) is 5.48 Å². The summed E-state index contributed by atoms with van der Waals surface area (Å²) >= 11 is 0. The van der Waals surface area contributed by atoms with Gasteiger partial charge in [-0.25, -0.2) is 0 Å². The van der Waals surface area contributed by atoms with E-state index in [-0.39, 0.29) is 19.2 Å². The third-order valence-electron chi connectivity index (χ3n) is 4.55. The summed E-state index contributed by atoms with van der Waals surface area (Å²) in [6.07, 6.45) is 4.13. The summed E-state index contributed by atoms with van der Waals surface area (Å²) in [4.78, 5) is 28.5. The maximum atomic E-state index is 10.5. The number of nitrogens with one attached hydrogen (secondary N) is 1. The molecule has 4 N–H and O–H groups in total. The number of hydroxylamine groups is 7. The molecule has 0 spiro atoms. The topological polar surface area (TPSA) is 136 Å². The van der Waals surface area contributed by atoms with Crippen LogP contribution >= 0.6 is 0 Å². The van der Waals surface area contributed by atoms with E-state index < -0.39 is 18.7 Å². The first-order valence-corrected chi connectivity index (χ1v) is 12.9. The third kappa shape index (κ3) is 8.18. The highest BCUT2D eigenvalue weighted by atomic mass is 16.9. The van der Waals surface area contributed by atoms with Crippen LogP contribution in [-0.2, 0) is 28.8 Å². The summed E-state index contributed by atoms with van der Waals surface area (Å²) in [5.41, 5.74) is 9.37. The Morgan fingerprint density at radius 2 is 1.40 bits per heavy atom. The Morgan fingerprint density at radius 1 is 0.829 bits per heavy atom. The minimum absolute atomic E-state index is 0.0758. The highest BCUT2D eigenvalue weighted by Gasteiger charge is 2.66. The molecule has 0 aliphatic carbocycles. The number of aliphatic hydroxyl groups is 1. The molecule has 0 aromatic rings.